The molecule has 94 valence electrons. The van der Waals surface area contributed by atoms with Crippen molar-refractivity contribution in [1.29, 1.82) is 0 Å². The van der Waals surface area contributed by atoms with E-state index in [0.717, 1.165) is 0 Å². The monoisotopic (exact) mass is 238 g/mol. The molecule has 1 aliphatic carbocycles. The molecule has 0 unspecified atom stereocenters. The van der Waals surface area contributed by atoms with Crippen LogP contribution in [0.15, 0.2) is 4.52 Å². The fourth-order valence-electron chi connectivity index (χ4n) is 2.02. The van der Waals surface area contributed by atoms with Crippen molar-refractivity contribution < 1.29 is 9.32 Å². The fraction of sp³-hybridized carbons (Fsp3) is 0.727. The van der Waals surface area contributed by atoms with Gasteiger partial charge in [0.25, 0.3) is 0 Å². The van der Waals surface area contributed by atoms with Gasteiger partial charge >= 0.3 is 0 Å². The zero-order chi connectivity index (χ0) is 12.1. The third kappa shape index (κ3) is 3.81. The zero-order valence-electron chi connectivity index (χ0n) is 10.0. The van der Waals surface area contributed by atoms with Crippen LogP contribution in [0.5, 0.6) is 0 Å². The summed E-state index contributed by atoms with van der Waals surface area (Å²) in [5, 5.41) is 9.70. The highest BCUT2D eigenvalue weighted by molar-refractivity contribution is 5.77. The normalized spacial score (nSPS) is 16.3. The average molecular weight is 238 g/mol. The van der Waals surface area contributed by atoms with E-state index in [4.69, 9.17) is 4.52 Å². The molecule has 6 nitrogen and oxygen atoms in total. The second-order valence-corrected chi connectivity index (χ2v) is 4.37. The van der Waals surface area contributed by atoms with Crippen molar-refractivity contribution in [1.82, 2.24) is 20.8 Å². The Kier molecular flexibility index (Phi) is 4.08. The molecule has 1 aromatic rings. The van der Waals surface area contributed by atoms with Gasteiger partial charge in [0.2, 0.25) is 11.8 Å². The Labute approximate surface area is 100 Å². The number of amides is 1. The molecule has 2 rings (SSSR count). The van der Waals surface area contributed by atoms with Gasteiger partial charge in [-0.3, -0.25) is 4.79 Å². The van der Waals surface area contributed by atoms with Gasteiger partial charge in [0.1, 0.15) is 0 Å². The van der Waals surface area contributed by atoms with Crippen LogP contribution in [-0.2, 0) is 11.3 Å². The highest BCUT2D eigenvalue weighted by atomic mass is 16.5. The number of hydrogen-bond donors (Lipinski definition) is 2. The van der Waals surface area contributed by atoms with Gasteiger partial charge in [0.05, 0.1) is 13.1 Å². The molecule has 2 N–H and O–H groups in total. The van der Waals surface area contributed by atoms with Crippen LogP contribution in [0.3, 0.4) is 0 Å². The summed E-state index contributed by atoms with van der Waals surface area (Å²) in [7, 11) is 0. The molecule has 0 spiro atoms. The van der Waals surface area contributed by atoms with Gasteiger partial charge in [-0.1, -0.05) is 18.0 Å². The number of nitrogens with zero attached hydrogens (tertiary/aromatic N) is 2. The van der Waals surface area contributed by atoms with Crippen LogP contribution in [0.4, 0.5) is 0 Å². The molecule has 0 saturated heterocycles. The molecule has 0 bridgehead atoms. The second kappa shape index (κ2) is 5.77. The summed E-state index contributed by atoms with van der Waals surface area (Å²) < 4.78 is 4.81. The minimum Gasteiger partial charge on any atom is -0.348 e. The summed E-state index contributed by atoms with van der Waals surface area (Å²) in [6.45, 7) is 2.41. The topological polar surface area (TPSA) is 80.0 Å². The van der Waals surface area contributed by atoms with E-state index in [1.807, 2.05) is 0 Å². The van der Waals surface area contributed by atoms with Crippen LogP contribution in [0.25, 0.3) is 0 Å². The van der Waals surface area contributed by atoms with Crippen LogP contribution < -0.4 is 10.6 Å². The Hall–Kier alpha value is -1.43. The van der Waals surface area contributed by atoms with Gasteiger partial charge < -0.3 is 15.2 Å². The van der Waals surface area contributed by atoms with E-state index in [-0.39, 0.29) is 5.91 Å². The molecule has 0 aliphatic heterocycles. The largest absolute Gasteiger partial charge is 0.348 e. The standard InChI is InChI=1S/C11H18N4O2/c1-8-14-10(15-17-8)6-13-11(16)7-12-9-4-2-3-5-9/h9,12H,2-7H2,1H3,(H,13,16). The average Bonchev–Trinajstić information content (AvgIpc) is 2.95. The third-order valence-electron chi connectivity index (χ3n) is 2.92. The maximum atomic E-state index is 11.5. The van der Waals surface area contributed by atoms with Gasteiger partial charge in [-0.15, -0.1) is 0 Å². The molecule has 1 aliphatic rings. The van der Waals surface area contributed by atoms with Crippen molar-refractivity contribution in [2.24, 2.45) is 0 Å². The molecule has 0 aromatic carbocycles. The predicted molar refractivity (Wildman–Crippen MR) is 61.1 cm³/mol. The van der Waals surface area contributed by atoms with Crippen LogP contribution in [-0.4, -0.2) is 28.6 Å². The molecular weight excluding hydrogens is 220 g/mol. The van der Waals surface area contributed by atoms with E-state index < -0.39 is 0 Å². The van der Waals surface area contributed by atoms with Crippen LogP contribution in [0.1, 0.15) is 37.4 Å². The minimum atomic E-state index is -0.0284. The molecule has 1 heterocycles. The summed E-state index contributed by atoms with van der Waals surface area (Å²) in [6.07, 6.45) is 4.89. The van der Waals surface area contributed by atoms with Crippen molar-refractivity contribution in [2.75, 3.05) is 6.54 Å². The molecule has 17 heavy (non-hydrogen) atoms. The summed E-state index contributed by atoms with van der Waals surface area (Å²) in [5.41, 5.74) is 0. The quantitative estimate of drug-likeness (QED) is 0.782. The van der Waals surface area contributed by atoms with Gasteiger partial charge in [-0.2, -0.15) is 4.98 Å². The lowest BCUT2D eigenvalue weighted by atomic mass is 10.2. The molecule has 0 atom stereocenters. The summed E-state index contributed by atoms with van der Waals surface area (Å²) >= 11 is 0. The van der Waals surface area contributed by atoms with E-state index in [1.165, 1.54) is 25.7 Å². The SMILES string of the molecule is Cc1nc(CNC(=O)CNC2CCCC2)no1. The van der Waals surface area contributed by atoms with Gasteiger partial charge in [0, 0.05) is 13.0 Å². The highest BCUT2D eigenvalue weighted by Crippen LogP contribution is 2.17. The Bertz CT molecular complexity index is 371. The maximum absolute atomic E-state index is 11.5. The Morgan fingerprint density at radius 2 is 2.24 bits per heavy atom. The Morgan fingerprint density at radius 1 is 1.47 bits per heavy atom. The predicted octanol–water partition coefficient (Wildman–Crippen LogP) is 0.526. The molecule has 1 aromatic heterocycles. The summed E-state index contributed by atoms with van der Waals surface area (Å²) in [6, 6.07) is 0.508. The lowest BCUT2D eigenvalue weighted by Gasteiger charge is -2.10. The number of carbonyl (C=O) groups excluding carboxylic acids is 1. The Morgan fingerprint density at radius 3 is 2.88 bits per heavy atom. The lowest BCUT2D eigenvalue weighted by Crippen LogP contribution is -2.37. The first-order valence-electron chi connectivity index (χ1n) is 6.03. The second-order valence-electron chi connectivity index (χ2n) is 4.37. The Balaban J connectivity index is 1.63. The number of hydrogen-bond acceptors (Lipinski definition) is 5. The van der Waals surface area contributed by atoms with Crippen molar-refractivity contribution >= 4 is 5.91 Å². The molecular formula is C11H18N4O2. The van der Waals surface area contributed by atoms with Crippen LogP contribution >= 0.6 is 0 Å². The van der Waals surface area contributed by atoms with Crippen molar-refractivity contribution in [2.45, 2.75) is 45.2 Å². The number of aryl methyl sites for hydroxylation is 1. The number of carbonyl (C=O) groups is 1. The number of aromatic nitrogens is 2. The number of rotatable bonds is 5. The minimum absolute atomic E-state index is 0.0284. The zero-order valence-corrected chi connectivity index (χ0v) is 10.0. The van der Waals surface area contributed by atoms with Crippen molar-refractivity contribution in [3.8, 4) is 0 Å². The molecule has 0 radical (unpaired) electrons. The fourth-order valence-corrected chi connectivity index (χ4v) is 2.02. The first-order chi connectivity index (χ1) is 8.24. The molecule has 1 saturated carbocycles. The maximum Gasteiger partial charge on any atom is 0.234 e. The summed E-state index contributed by atoms with van der Waals surface area (Å²) in [4.78, 5) is 15.5. The lowest BCUT2D eigenvalue weighted by molar-refractivity contribution is -0.120. The van der Waals surface area contributed by atoms with E-state index in [2.05, 4.69) is 20.8 Å². The molecule has 1 amide bonds. The third-order valence-corrected chi connectivity index (χ3v) is 2.92. The number of nitrogens with one attached hydrogen (secondary N) is 2. The highest BCUT2D eigenvalue weighted by Gasteiger charge is 2.15. The smallest absolute Gasteiger partial charge is 0.234 e. The van der Waals surface area contributed by atoms with Gasteiger partial charge in [-0.05, 0) is 12.8 Å². The van der Waals surface area contributed by atoms with Crippen LogP contribution in [0, 0.1) is 6.92 Å². The van der Waals surface area contributed by atoms with Gasteiger partial charge in [0.15, 0.2) is 5.82 Å². The van der Waals surface area contributed by atoms with Crippen molar-refractivity contribution in [3.63, 3.8) is 0 Å². The first-order valence-corrected chi connectivity index (χ1v) is 6.03. The van der Waals surface area contributed by atoms with Crippen LogP contribution in [0.2, 0.25) is 0 Å². The van der Waals surface area contributed by atoms with E-state index in [0.29, 0.717) is 30.8 Å². The van der Waals surface area contributed by atoms with E-state index in [1.54, 1.807) is 6.92 Å². The van der Waals surface area contributed by atoms with Gasteiger partial charge in [-0.25, -0.2) is 0 Å². The molecule has 6 heteroatoms. The van der Waals surface area contributed by atoms with Crippen molar-refractivity contribution in [3.05, 3.63) is 11.7 Å². The van der Waals surface area contributed by atoms with E-state index >= 15 is 0 Å². The first kappa shape index (κ1) is 12.0. The van der Waals surface area contributed by atoms with E-state index in [9.17, 15) is 4.79 Å². The molecule has 1 fully saturated rings. The summed E-state index contributed by atoms with van der Waals surface area (Å²) in [5.74, 6) is 0.995.